The van der Waals surface area contributed by atoms with Crippen LogP contribution in [0.1, 0.15) is 6.42 Å². The summed E-state index contributed by atoms with van der Waals surface area (Å²) in [5.41, 5.74) is 0. The first-order valence-corrected chi connectivity index (χ1v) is 8.53. The molecule has 0 saturated carbocycles. The molecular weight excluding hydrogens is 272 g/mol. The van der Waals surface area contributed by atoms with Gasteiger partial charge in [0.25, 0.3) is 10.2 Å². The first-order valence-electron chi connectivity index (χ1n) is 5.11. The summed E-state index contributed by atoms with van der Waals surface area (Å²) in [4.78, 5) is 0. The van der Waals surface area contributed by atoms with Gasteiger partial charge in [0.1, 0.15) is 0 Å². The Morgan fingerprint density at radius 1 is 1.38 bits per heavy atom. The molecule has 1 aliphatic rings. The Morgan fingerprint density at radius 2 is 1.94 bits per heavy atom. The summed E-state index contributed by atoms with van der Waals surface area (Å²) in [5.74, 6) is 1.31. The topological polar surface area (TPSA) is 57.7 Å². The quantitative estimate of drug-likeness (QED) is 0.662. The highest BCUT2D eigenvalue weighted by molar-refractivity contribution is 7.87. The van der Waals surface area contributed by atoms with Gasteiger partial charge >= 0.3 is 0 Å². The standard InChI is InChI=1S/C8H17ClN2O3S2/c1-10(4-2-3-9)16(13,14)11-5-7-15(12)8-6-11/h2-8H2,1H3. The van der Waals surface area contributed by atoms with Crippen molar-refractivity contribution in [3.8, 4) is 0 Å². The number of hydrogen-bond donors (Lipinski definition) is 0. The fraction of sp³-hybridized carbons (Fsp3) is 1.00. The zero-order valence-corrected chi connectivity index (χ0v) is 11.7. The van der Waals surface area contributed by atoms with Crippen LogP contribution in [0.4, 0.5) is 0 Å². The molecule has 0 bridgehead atoms. The van der Waals surface area contributed by atoms with E-state index >= 15 is 0 Å². The van der Waals surface area contributed by atoms with Gasteiger partial charge in [0.05, 0.1) is 0 Å². The van der Waals surface area contributed by atoms with Crippen LogP contribution in [0.5, 0.6) is 0 Å². The first-order chi connectivity index (χ1) is 7.48. The van der Waals surface area contributed by atoms with Crippen molar-refractivity contribution in [1.82, 2.24) is 8.61 Å². The van der Waals surface area contributed by atoms with Gasteiger partial charge in [-0.05, 0) is 6.42 Å². The monoisotopic (exact) mass is 288 g/mol. The second-order valence-electron chi connectivity index (χ2n) is 3.62. The van der Waals surface area contributed by atoms with E-state index in [2.05, 4.69) is 0 Å². The van der Waals surface area contributed by atoms with Crippen LogP contribution in [0.2, 0.25) is 0 Å². The second-order valence-corrected chi connectivity index (χ2v) is 7.73. The Bertz CT molecular complexity index is 337. The third-order valence-electron chi connectivity index (χ3n) is 2.46. The van der Waals surface area contributed by atoms with E-state index in [1.165, 1.54) is 8.61 Å². The van der Waals surface area contributed by atoms with Crippen molar-refractivity contribution in [3.05, 3.63) is 0 Å². The smallest absolute Gasteiger partial charge is 0.259 e. The minimum atomic E-state index is -3.38. The van der Waals surface area contributed by atoms with Crippen LogP contribution in [0, 0.1) is 0 Å². The average molecular weight is 289 g/mol. The number of rotatable bonds is 5. The van der Waals surface area contributed by atoms with Crippen LogP contribution in [0.25, 0.3) is 0 Å². The maximum Gasteiger partial charge on any atom is 0.281 e. The van der Waals surface area contributed by atoms with Gasteiger partial charge in [0, 0.05) is 54.9 Å². The number of halogens is 1. The molecule has 0 aromatic carbocycles. The van der Waals surface area contributed by atoms with Crippen molar-refractivity contribution in [2.45, 2.75) is 6.42 Å². The maximum absolute atomic E-state index is 12.0. The van der Waals surface area contributed by atoms with Gasteiger partial charge in [-0.2, -0.15) is 17.0 Å². The van der Waals surface area contributed by atoms with E-state index < -0.39 is 21.0 Å². The molecule has 0 atom stereocenters. The largest absolute Gasteiger partial charge is 0.281 e. The van der Waals surface area contributed by atoms with E-state index in [0.29, 0.717) is 43.4 Å². The predicted octanol–water partition coefficient (Wildman–Crippen LogP) is -0.144. The van der Waals surface area contributed by atoms with Crippen molar-refractivity contribution < 1.29 is 12.6 Å². The molecule has 5 nitrogen and oxygen atoms in total. The van der Waals surface area contributed by atoms with Crippen molar-refractivity contribution in [3.63, 3.8) is 0 Å². The van der Waals surface area contributed by atoms with Crippen molar-refractivity contribution in [1.29, 1.82) is 0 Å². The lowest BCUT2D eigenvalue weighted by Crippen LogP contribution is -2.48. The zero-order chi connectivity index (χ0) is 12.2. The van der Waals surface area contributed by atoms with Crippen molar-refractivity contribution in [2.24, 2.45) is 0 Å². The van der Waals surface area contributed by atoms with E-state index in [1.807, 2.05) is 0 Å². The molecule has 0 aliphatic carbocycles. The van der Waals surface area contributed by atoms with Gasteiger partial charge in [-0.3, -0.25) is 4.21 Å². The second kappa shape index (κ2) is 6.30. The molecule has 0 aromatic rings. The Kier molecular flexibility index (Phi) is 5.66. The molecule has 0 N–H and O–H groups in total. The lowest BCUT2D eigenvalue weighted by Gasteiger charge is -2.29. The van der Waals surface area contributed by atoms with Crippen LogP contribution in [0.3, 0.4) is 0 Å². The van der Waals surface area contributed by atoms with Crippen molar-refractivity contribution >= 4 is 32.6 Å². The van der Waals surface area contributed by atoms with Gasteiger partial charge in [0.15, 0.2) is 0 Å². The number of alkyl halides is 1. The maximum atomic E-state index is 12.0. The highest BCUT2D eigenvalue weighted by atomic mass is 35.5. The molecule has 96 valence electrons. The Hall–Kier alpha value is 0.310. The molecule has 1 heterocycles. The summed E-state index contributed by atoms with van der Waals surface area (Å²) >= 11 is 5.53. The summed E-state index contributed by atoms with van der Waals surface area (Å²) < 4.78 is 37.9. The first kappa shape index (κ1) is 14.4. The zero-order valence-electron chi connectivity index (χ0n) is 9.26. The summed E-state index contributed by atoms with van der Waals surface area (Å²) in [5, 5.41) is 0. The highest BCUT2D eigenvalue weighted by Gasteiger charge is 2.29. The van der Waals surface area contributed by atoms with Crippen LogP contribution in [-0.4, -0.2) is 65.3 Å². The molecule has 1 aliphatic heterocycles. The van der Waals surface area contributed by atoms with E-state index in [4.69, 9.17) is 11.6 Å². The molecule has 16 heavy (non-hydrogen) atoms. The molecule has 0 radical (unpaired) electrons. The summed E-state index contributed by atoms with van der Waals surface area (Å²) in [7, 11) is -2.70. The van der Waals surface area contributed by atoms with Crippen molar-refractivity contribution in [2.75, 3.05) is 44.1 Å². The normalized spacial score (nSPS) is 20.4. The van der Waals surface area contributed by atoms with Crippen LogP contribution >= 0.6 is 11.6 Å². The molecule has 1 rings (SSSR count). The highest BCUT2D eigenvalue weighted by Crippen LogP contribution is 2.10. The van der Waals surface area contributed by atoms with E-state index in [-0.39, 0.29) is 0 Å². The van der Waals surface area contributed by atoms with E-state index in [9.17, 15) is 12.6 Å². The fourth-order valence-electron chi connectivity index (χ4n) is 1.45. The Balaban J connectivity index is 2.59. The van der Waals surface area contributed by atoms with Gasteiger partial charge in [0.2, 0.25) is 0 Å². The van der Waals surface area contributed by atoms with Gasteiger partial charge in [-0.1, -0.05) is 0 Å². The average Bonchev–Trinajstić information content (AvgIpc) is 2.26. The van der Waals surface area contributed by atoms with Crippen LogP contribution in [-0.2, 0) is 21.0 Å². The summed E-state index contributed by atoms with van der Waals surface area (Å²) in [6.07, 6.45) is 0.636. The minimum Gasteiger partial charge on any atom is -0.259 e. The molecule has 0 unspecified atom stereocenters. The third kappa shape index (κ3) is 3.66. The fourth-order valence-corrected chi connectivity index (χ4v) is 4.25. The minimum absolute atomic E-state index is 0.347. The third-order valence-corrected chi connectivity index (χ3v) is 5.99. The lowest BCUT2D eigenvalue weighted by molar-refractivity contribution is 0.374. The molecule has 0 aromatic heterocycles. The molecule has 0 amide bonds. The molecule has 0 spiro atoms. The molecule has 1 saturated heterocycles. The summed E-state index contributed by atoms with van der Waals surface area (Å²) in [6.45, 7) is 1.12. The van der Waals surface area contributed by atoms with Crippen LogP contribution in [0.15, 0.2) is 0 Å². The van der Waals surface area contributed by atoms with Gasteiger partial charge in [-0.15, -0.1) is 11.6 Å². The van der Waals surface area contributed by atoms with E-state index in [1.54, 1.807) is 7.05 Å². The Labute approximate surface area is 104 Å². The predicted molar refractivity (Wildman–Crippen MR) is 66.3 cm³/mol. The Morgan fingerprint density at radius 3 is 2.44 bits per heavy atom. The van der Waals surface area contributed by atoms with Gasteiger partial charge in [-0.25, -0.2) is 0 Å². The number of nitrogens with zero attached hydrogens (tertiary/aromatic N) is 2. The SMILES string of the molecule is CN(CCCCl)S(=O)(=O)N1CCS(=O)CC1. The number of hydrogen-bond acceptors (Lipinski definition) is 3. The molecule has 1 fully saturated rings. The van der Waals surface area contributed by atoms with E-state index in [0.717, 1.165) is 0 Å². The summed E-state index contributed by atoms with van der Waals surface area (Å²) in [6, 6.07) is 0. The lowest BCUT2D eigenvalue weighted by atomic mass is 10.5. The molecule has 8 heteroatoms. The van der Waals surface area contributed by atoms with Gasteiger partial charge < -0.3 is 0 Å². The van der Waals surface area contributed by atoms with Crippen LogP contribution < -0.4 is 0 Å². The molecular formula is C8H17ClN2O3S2.